The molecule has 19 heavy (non-hydrogen) atoms. The Morgan fingerprint density at radius 3 is 2.74 bits per heavy atom. The zero-order chi connectivity index (χ0) is 13.7. The topological polar surface area (TPSA) is 47.4 Å². The Labute approximate surface area is 112 Å². The molecule has 0 bridgehead atoms. The predicted octanol–water partition coefficient (Wildman–Crippen LogP) is 1.78. The number of aromatic nitrogens is 2. The summed E-state index contributed by atoms with van der Waals surface area (Å²) in [6.07, 6.45) is 3.54. The molecular formula is C14H17N3O2. The first-order valence-electron chi connectivity index (χ1n) is 6.07. The van der Waals surface area contributed by atoms with Gasteiger partial charge >= 0.3 is 0 Å². The van der Waals surface area contributed by atoms with Crippen LogP contribution >= 0.6 is 0 Å². The maximum absolute atomic E-state index is 11.9. The van der Waals surface area contributed by atoms with E-state index >= 15 is 0 Å². The van der Waals surface area contributed by atoms with Crippen molar-refractivity contribution < 1.29 is 9.63 Å². The van der Waals surface area contributed by atoms with Crippen LogP contribution < -0.4 is 0 Å². The number of likely N-dealkylation sites (N-methyl/N-ethyl adjacent to an activating group) is 1. The number of nitrogens with zero attached hydrogens (tertiary/aromatic N) is 3. The highest BCUT2D eigenvalue weighted by molar-refractivity contribution is 5.74. The van der Waals surface area contributed by atoms with Crippen LogP contribution in [0.25, 0.3) is 0 Å². The molecule has 2 rings (SSSR count). The van der Waals surface area contributed by atoms with E-state index in [1.54, 1.807) is 17.9 Å². The van der Waals surface area contributed by atoms with Gasteiger partial charge in [-0.3, -0.25) is 14.3 Å². The molecule has 0 saturated heterocycles. The summed E-state index contributed by atoms with van der Waals surface area (Å²) >= 11 is 0. The van der Waals surface area contributed by atoms with Crippen LogP contribution in [0.4, 0.5) is 0 Å². The molecule has 0 radical (unpaired) electrons. The number of hydroxylamine groups is 2. The van der Waals surface area contributed by atoms with Crippen molar-refractivity contribution in [2.45, 2.75) is 20.1 Å². The summed E-state index contributed by atoms with van der Waals surface area (Å²) in [5, 5.41) is 5.32. The molecule has 1 aromatic carbocycles. The van der Waals surface area contributed by atoms with Gasteiger partial charge in [-0.15, -0.1) is 0 Å². The first kappa shape index (κ1) is 13.3. The molecule has 5 heteroatoms. The highest BCUT2D eigenvalue weighted by atomic mass is 16.7. The summed E-state index contributed by atoms with van der Waals surface area (Å²) in [5.41, 5.74) is 2.05. The van der Waals surface area contributed by atoms with Crippen LogP contribution in [0.3, 0.4) is 0 Å². The Balaban J connectivity index is 1.82. The quantitative estimate of drug-likeness (QED) is 0.769. The van der Waals surface area contributed by atoms with E-state index in [4.69, 9.17) is 4.84 Å². The first-order valence-corrected chi connectivity index (χ1v) is 6.07. The number of hydrogen-bond acceptors (Lipinski definition) is 3. The third-order valence-corrected chi connectivity index (χ3v) is 2.68. The third kappa shape index (κ3) is 3.93. The molecule has 0 spiro atoms. The molecule has 100 valence electrons. The van der Waals surface area contributed by atoms with Gasteiger partial charge in [0.05, 0.1) is 6.20 Å². The molecule has 0 saturated carbocycles. The molecule has 0 aliphatic carbocycles. The van der Waals surface area contributed by atoms with Gasteiger partial charge in [0.15, 0.2) is 0 Å². The van der Waals surface area contributed by atoms with Gasteiger partial charge < -0.3 is 0 Å². The fourth-order valence-corrected chi connectivity index (χ4v) is 1.61. The van der Waals surface area contributed by atoms with E-state index in [-0.39, 0.29) is 12.5 Å². The summed E-state index contributed by atoms with van der Waals surface area (Å²) in [6.45, 7) is 2.49. The number of amides is 1. The molecule has 0 fully saturated rings. The molecule has 0 unspecified atom stereocenters. The lowest BCUT2D eigenvalue weighted by Gasteiger charge is -2.16. The molecule has 2 aromatic rings. The minimum Gasteiger partial charge on any atom is -0.270 e. The Morgan fingerprint density at radius 1 is 1.37 bits per heavy atom. The fourth-order valence-electron chi connectivity index (χ4n) is 1.61. The lowest BCUT2D eigenvalue weighted by molar-refractivity contribution is -0.183. The zero-order valence-electron chi connectivity index (χ0n) is 11.1. The molecule has 5 nitrogen and oxygen atoms in total. The minimum atomic E-state index is -0.140. The summed E-state index contributed by atoms with van der Waals surface area (Å²) in [4.78, 5) is 17.3. The molecule has 1 heterocycles. The van der Waals surface area contributed by atoms with Crippen molar-refractivity contribution in [3.05, 3.63) is 53.9 Å². The van der Waals surface area contributed by atoms with Crippen LogP contribution in [0.15, 0.2) is 42.7 Å². The fraction of sp³-hybridized carbons (Fsp3) is 0.286. The molecule has 0 aliphatic rings. The van der Waals surface area contributed by atoms with Crippen molar-refractivity contribution in [1.29, 1.82) is 0 Å². The van der Waals surface area contributed by atoms with Gasteiger partial charge in [0.25, 0.3) is 5.91 Å². The normalized spacial score (nSPS) is 10.4. The predicted molar refractivity (Wildman–Crippen MR) is 71.0 cm³/mol. The van der Waals surface area contributed by atoms with Gasteiger partial charge in [-0.1, -0.05) is 30.3 Å². The van der Waals surface area contributed by atoms with Crippen molar-refractivity contribution >= 4 is 5.91 Å². The van der Waals surface area contributed by atoms with Crippen LogP contribution in [-0.2, 0) is 22.8 Å². The Kier molecular flexibility index (Phi) is 4.30. The van der Waals surface area contributed by atoms with Crippen LogP contribution in [0.5, 0.6) is 0 Å². The molecular weight excluding hydrogens is 242 g/mol. The van der Waals surface area contributed by atoms with Crippen LogP contribution in [0.1, 0.15) is 11.1 Å². The van der Waals surface area contributed by atoms with Crippen LogP contribution in [0, 0.1) is 6.92 Å². The number of hydrogen-bond donors (Lipinski definition) is 0. The largest absolute Gasteiger partial charge is 0.270 e. The summed E-state index contributed by atoms with van der Waals surface area (Å²) in [6, 6.07) is 9.73. The lowest BCUT2D eigenvalue weighted by Crippen LogP contribution is -2.30. The van der Waals surface area contributed by atoms with Gasteiger partial charge in [-0.2, -0.15) is 5.10 Å². The van der Waals surface area contributed by atoms with Crippen molar-refractivity contribution in [3.8, 4) is 0 Å². The van der Waals surface area contributed by atoms with E-state index < -0.39 is 0 Å². The van der Waals surface area contributed by atoms with Crippen molar-refractivity contribution in [2.24, 2.45) is 0 Å². The van der Waals surface area contributed by atoms with Gasteiger partial charge in [-0.05, 0) is 18.1 Å². The van der Waals surface area contributed by atoms with Crippen LogP contribution in [0.2, 0.25) is 0 Å². The average Bonchev–Trinajstić information content (AvgIpc) is 2.82. The zero-order valence-corrected chi connectivity index (χ0v) is 11.1. The van der Waals surface area contributed by atoms with Gasteiger partial charge in [0.2, 0.25) is 0 Å². The standard InChI is InChI=1S/C14H17N3O2/c1-12-8-15-17(9-12)10-14(18)16(2)19-11-13-6-4-3-5-7-13/h3-9H,10-11H2,1-2H3. The van der Waals surface area contributed by atoms with E-state index in [1.807, 2.05) is 43.5 Å². The number of carbonyl (C=O) groups is 1. The van der Waals surface area contributed by atoms with Crippen LogP contribution in [-0.4, -0.2) is 27.8 Å². The van der Waals surface area contributed by atoms with Crippen molar-refractivity contribution in [2.75, 3.05) is 7.05 Å². The summed E-state index contributed by atoms with van der Waals surface area (Å²) < 4.78 is 1.60. The van der Waals surface area contributed by atoms with E-state index in [2.05, 4.69) is 5.10 Å². The molecule has 0 N–H and O–H groups in total. The SMILES string of the molecule is Cc1cnn(CC(=O)N(C)OCc2ccccc2)c1. The Hall–Kier alpha value is -2.14. The van der Waals surface area contributed by atoms with E-state index in [0.29, 0.717) is 6.61 Å². The second-order valence-corrected chi connectivity index (χ2v) is 4.37. The van der Waals surface area contributed by atoms with Gasteiger partial charge in [0, 0.05) is 13.2 Å². The average molecular weight is 259 g/mol. The number of rotatable bonds is 5. The molecule has 1 amide bonds. The summed E-state index contributed by atoms with van der Waals surface area (Å²) in [7, 11) is 1.61. The molecule has 1 aromatic heterocycles. The smallest absolute Gasteiger partial charge is 0.267 e. The van der Waals surface area contributed by atoms with E-state index in [9.17, 15) is 4.79 Å². The van der Waals surface area contributed by atoms with E-state index in [1.165, 1.54) is 5.06 Å². The monoisotopic (exact) mass is 259 g/mol. The maximum atomic E-state index is 11.9. The second kappa shape index (κ2) is 6.15. The summed E-state index contributed by atoms with van der Waals surface area (Å²) in [5.74, 6) is -0.140. The highest BCUT2D eigenvalue weighted by Gasteiger charge is 2.10. The number of aryl methyl sites for hydroxylation is 1. The maximum Gasteiger partial charge on any atom is 0.267 e. The number of carbonyl (C=O) groups excluding carboxylic acids is 1. The second-order valence-electron chi connectivity index (χ2n) is 4.37. The lowest BCUT2D eigenvalue weighted by atomic mass is 10.2. The third-order valence-electron chi connectivity index (χ3n) is 2.68. The van der Waals surface area contributed by atoms with Crippen molar-refractivity contribution in [1.82, 2.24) is 14.8 Å². The Bertz CT molecular complexity index is 537. The number of benzene rings is 1. The van der Waals surface area contributed by atoms with Crippen molar-refractivity contribution in [3.63, 3.8) is 0 Å². The first-order chi connectivity index (χ1) is 9.15. The highest BCUT2D eigenvalue weighted by Crippen LogP contribution is 2.03. The minimum absolute atomic E-state index is 0.140. The molecule has 0 aliphatic heterocycles. The van der Waals surface area contributed by atoms with Gasteiger partial charge in [0.1, 0.15) is 13.2 Å². The molecule has 0 atom stereocenters. The van der Waals surface area contributed by atoms with E-state index in [0.717, 1.165) is 11.1 Å². The van der Waals surface area contributed by atoms with Gasteiger partial charge in [-0.25, -0.2) is 5.06 Å². The Morgan fingerprint density at radius 2 is 2.11 bits per heavy atom.